The Balaban J connectivity index is 1.89. The molecule has 2 N–H and O–H groups in total. The van der Waals surface area contributed by atoms with Crippen molar-refractivity contribution >= 4 is 17.8 Å². The molecule has 0 spiro atoms. The molecule has 7 heteroatoms. The van der Waals surface area contributed by atoms with Crippen LogP contribution in [-0.4, -0.2) is 54.5 Å². The van der Waals surface area contributed by atoms with Crippen LogP contribution in [0.3, 0.4) is 0 Å². The van der Waals surface area contributed by atoms with Gasteiger partial charge in [0.1, 0.15) is 5.75 Å². The van der Waals surface area contributed by atoms with E-state index in [-0.39, 0.29) is 24.9 Å². The minimum Gasteiger partial charge on any atom is -0.497 e. The van der Waals surface area contributed by atoms with Crippen LogP contribution in [0.5, 0.6) is 5.75 Å². The van der Waals surface area contributed by atoms with Gasteiger partial charge in [-0.2, -0.15) is 0 Å². The first kappa shape index (κ1) is 16.8. The van der Waals surface area contributed by atoms with E-state index in [1.807, 2.05) is 0 Å². The number of likely N-dealkylation sites (tertiary alicyclic amines) is 1. The maximum absolute atomic E-state index is 12.1. The molecule has 1 heterocycles. The van der Waals surface area contributed by atoms with E-state index >= 15 is 0 Å². The summed E-state index contributed by atoms with van der Waals surface area (Å²) >= 11 is 0. The molecule has 0 aromatic heterocycles. The topological polar surface area (TPSA) is 95.9 Å². The summed E-state index contributed by atoms with van der Waals surface area (Å²) in [6.07, 6.45) is 0.415. The second-order valence-electron chi connectivity index (χ2n) is 5.85. The average molecular weight is 320 g/mol. The third kappa shape index (κ3) is 3.80. The van der Waals surface area contributed by atoms with Crippen molar-refractivity contribution in [3.8, 4) is 5.75 Å². The number of carboxylic acids is 1. The smallest absolute Gasteiger partial charge is 0.311 e. The summed E-state index contributed by atoms with van der Waals surface area (Å²) in [6, 6.07) is 6.62. The lowest BCUT2D eigenvalue weighted by atomic mass is 9.90. The summed E-state index contributed by atoms with van der Waals surface area (Å²) in [5, 5.41) is 11.7. The molecule has 2 rings (SSSR count). The lowest BCUT2D eigenvalue weighted by Gasteiger charge is -2.20. The standard InChI is InChI=1S/C16H20N2O5/c1-16(15(21)22)6-7-18(10-16)13(19)9-17-14(20)11-4-3-5-12(8-11)23-2/h3-5,8H,6-7,9-10H2,1-2H3,(H,17,20)(H,21,22). The van der Waals surface area contributed by atoms with Crippen LogP contribution in [0.4, 0.5) is 0 Å². The highest BCUT2D eigenvalue weighted by Gasteiger charge is 2.41. The van der Waals surface area contributed by atoms with Gasteiger partial charge in [0, 0.05) is 18.7 Å². The second-order valence-corrected chi connectivity index (χ2v) is 5.85. The number of carbonyl (C=O) groups excluding carboxylic acids is 2. The van der Waals surface area contributed by atoms with E-state index in [9.17, 15) is 14.4 Å². The summed E-state index contributed by atoms with van der Waals surface area (Å²) in [7, 11) is 1.51. The number of amides is 2. The first-order valence-electron chi connectivity index (χ1n) is 7.29. The molecular formula is C16H20N2O5. The van der Waals surface area contributed by atoms with E-state index < -0.39 is 11.4 Å². The van der Waals surface area contributed by atoms with Crippen molar-refractivity contribution in [1.82, 2.24) is 10.2 Å². The Morgan fingerprint density at radius 2 is 2.13 bits per heavy atom. The molecule has 124 valence electrons. The highest BCUT2D eigenvalue weighted by atomic mass is 16.5. The van der Waals surface area contributed by atoms with E-state index in [2.05, 4.69) is 5.32 Å². The Kier molecular flexibility index (Phi) is 4.88. The fourth-order valence-corrected chi connectivity index (χ4v) is 2.48. The molecule has 1 aliphatic rings. The van der Waals surface area contributed by atoms with Gasteiger partial charge in [-0.1, -0.05) is 6.07 Å². The molecule has 1 fully saturated rings. The largest absolute Gasteiger partial charge is 0.497 e. The number of hydrogen-bond acceptors (Lipinski definition) is 4. The van der Waals surface area contributed by atoms with Crippen LogP contribution in [0.15, 0.2) is 24.3 Å². The van der Waals surface area contributed by atoms with Crippen molar-refractivity contribution in [2.45, 2.75) is 13.3 Å². The zero-order valence-corrected chi connectivity index (χ0v) is 13.2. The molecule has 1 aromatic rings. The van der Waals surface area contributed by atoms with Crippen LogP contribution < -0.4 is 10.1 Å². The molecule has 1 atom stereocenters. The summed E-state index contributed by atoms with van der Waals surface area (Å²) < 4.78 is 5.05. The third-order valence-electron chi connectivity index (χ3n) is 4.07. The molecule has 1 aliphatic heterocycles. The van der Waals surface area contributed by atoms with Crippen molar-refractivity contribution in [2.24, 2.45) is 5.41 Å². The Labute approximate surface area is 134 Å². The van der Waals surface area contributed by atoms with Gasteiger partial charge in [0.05, 0.1) is 19.1 Å². The average Bonchev–Trinajstić information content (AvgIpc) is 2.96. The van der Waals surface area contributed by atoms with E-state index in [4.69, 9.17) is 9.84 Å². The first-order chi connectivity index (χ1) is 10.9. The van der Waals surface area contributed by atoms with E-state index in [1.165, 1.54) is 12.0 Å². The number of methoxy groups -OCH3 is 1. The fourth-order valence-electron chi connectivity index (χ4n) is 2.48. The minimum atomic E-state index is -0.910. The summed E-state index contributed by atoms with van der Waals surface area (Å²) in [5.74, 6) is -1.02. The van der Waals surface area contributed by atoms with Gasteiger partial charge < -0.3 is 20.1 Å². The monoisotopic (exact) mass is 320 g/mol. The molecular weight excluding hydrogens is 300 g/mol. The molecule has 0 bridgehead atoms. The van der Waals surface area contributed by atoms with Crippen LogP contribution in [0, 0.1) is 5.41 Å². The van der Waals surface area contributed by atoms with Gasteiger partial charge in [-0.25, -0.2) is 0 Å². The van der Waals surface area contributed by atoms with E-state index in [0.717, 1.165) is 0 Å². The van der Waals surface area contributed by atoms with E-state index in [0.29, 0.717) is 24.3 Å². The summed E-state index contributed by atoms with van der Waals surface area (Å²) in [4.78, 5) is 36.8. The molecule has 0 saturated carbocycles. The van der Waals surface area contributed by atoms with Gasteiger partial charge in [-0.15, -0.1) is 0 Å². The highest BCUT2D eigenvalue weighted by Crippen LogP contribution is 2.29. The number of nitrogens with zero attached hydrogens (tertiary/aromatic N) is 1. The molecule has 7 nitrogen and oxygen atoms in total. The fraction of sp³-hybridized carbons (Fsp3) is 0.438. The van der Waals surface area contributed by atoms with Crippen LogP contribution in [-0.2, 0) is 9.59 Å². The number of benzene rings is 1. The van der Waals surface area contributed by atoms with Gasteiger partial charge in [-0.05, 0) is 31.5 Å². The maximum Gasteiger partial charge on any atom is 0.311 e. The molecule has 1 saturated heterocycles. The molecule has 1 aromatic carbocycles. The second kappa shape index (κ2) is 6.68. The van der Waals surface area contributed by atoms with Gasteiger partial charge >= 0.3 is 5.97 Å². The number of rotatable bonds is 5. The quantitative estimate of drug-likeness (QED) is 0.834. The van der Waals surface area contributed by atoms with E-state index in [1.54, 1.807) is 31.2 Å². The Morgan fingerprint density at radius 1 is 1.39 bits per heavy atom. The Bertz CT molecular complexity index is 631. The number of carbonyl (C=O) groups is 3. The molecule has 0 radical (unpaired) electrons. The number of carboxylic acid groups (broad SMARTS) is 1. The van der Waals surface area contributed by atoms with Gasteiger partial charge in [0.25, 0.3) is 5.91 Å². The number of aliphatic carboxylic acids is 1. The normalized spacial score (nSPS) is 20.2. The van der Waals surface area contributed by atoms with Crippen LogP contribution in [0.1, 0.15) is 23.7 Å². The summed E-state index contributed by atoms with van der Waals surface area (Å²) in [6.45, 7) is 2.01. The zero-order valence-electron chi connectivity index (χ0n) is 13.2. The number of nitrogens with one attached hydrogen (secondary N) is 1. The van der Waals surface area contributed by atoms with Gasteiger partial charge in [0.2, 0.25) is 5.91 Å². The zero-order chi connectivity index (χ0) is 17.0. The minimum absolute atomic E-state index is 0.161. The van der Waals surface area contributed by atoms with Crippen molar-refractivity contribution in [3.05, 3.63) is 29.8 Å². The van der Waals surface area contributed by atoms with Crippen molar-refractivity contribution in [3.63, 3.8) is 0 Å². The SMILES string of the molecule is COc1cccc(C(=O)NCC(=O)N2CCC(C)(C(=O)O)C2)c1. The van der Waals surface area contributed by atoms with Crippen molar-refractivity contribution in [2.75, 3.05) is 26.7 Å². The molecule has 23 heavy (non-hydrogen) atoms. The van der Waals surface area contributed by atoms with Crippen molar-refractivity contribution in [1.29, 1.82) is 0 Å². The molecule has 2 amide bonds. The predicted octanol–water partition coefficient (Wildman–Crippen LogP) is 0.748. The van der Waals surface area contributed by atoms with Gasteiger partial charge in [0.15, 0.2) is 0 Å². The highest BCUT2D eigenvalue weighted by molar-refractivity contribution is 5.96. The molecule has 1 unspecified atom stereocenters. The van der Waals surface area contributed by atoms with Crippen LogP contribution in [0.25, 0.3) is 0 Å². The lowest BCUT2D eigenvalue weighted by molar-refractivity contribution is -0.147. The Morgan fingerprint density at radius 3 is 2.74 bits per heavy atom. The third-order valence-corrected chi connectivity index (χ3v) is 4.07. The van der Waals surface area contributed by atoms with Crippen LogP contribution in [0.2, 0.25) is 0 Å². The van der Waals surface area contributed by atoms with Gasteiger partial charge in [-0.3, -0.25) is 14.4 Å². The number of ether oxygens (including phenoxy) is 1. The summed E-state index contributed by atoms with van der Waals surface area (Å²) in [5.41, 5.74) is -0.513. The predicted molar refractivity (Wildman–Crippen MR) is 82.3 cm³/mol. The molecule has 0 aliphatic carbocycles. The van der Waals surface area contributed by atoms with Crippen LogP contribution >= 0.6 is 0 Å². The number of hydrogen-bond donors (Lipinski definition) is 2. The Hall–Kier alpha value is -2.57. The lowest BCUT2D eigenvalue weighted by Crippen LogP contribution is -2.41. The first-order valence-corrected chi connectivity index (χ1v) is 7.29. The van der Waals surface area contributed by atoms with Crippen molar-refractivity contribution < 1.29 is 24.2 Å². The maximum atomic E-state index is 12.1.